The van der Waals surface area contributed by atoms with Crippen molar-refractivity contribution in [3.05, 3.63) is 22.7 Å². The van der Waals surface area contributed by atoms with Gasteiger partial charge in [0.05, 0.1) is 0 Å². The molecule has 112 valence electrons. The first-order chi connectivity index (χ1) is 9.81. The van der Waals surface area contributed by atoms with Crippen LogP contribution in [0.2, 0.25) is 5.02 Å². The van der Waals surface area contributed by atoms with Crippen LogP contribution in [-0.2, 0) is 6.42 Å². The van der Waals surface area contributed by atoms with Crippen LogP contribution < -0.4 is 14.8 Å². The summed E-state index contributed by atoms with van der Waals surface area (Å²) in [5, 5.41) is 4.14. The summed E-state index contributed by atoms with van der Waals surface area (Å²) in [5.74, 6) is 1.61. The second kappa shape index (κ2) is 8.38. The Morgan fingerprint density at radius 2 is 1.75 bits per heavy atom. The molecular formula is C16H24ClNO2. The number of halogens is 1. The molecule has 1 aliphatic heterocycles. The zero-order valence-electron chi connectivity index (χ0n) is 12.2. The van der Waals surface area contributed by atoms with Gasteiger partial charge >= 0.3 is 0 Å². The Morgan fingerprint density at radius 1 is 1.05 bits per heavy atom. The van der Waals surface area contributed by atoms with Gasteiger partial charge in [0.25, 0.3) is 0 Å². The van der Waals surface area contributed by atoms with E-state index in [4.69, 9.17) is 21.1 Å². The number of hydrogen-bond acceptors (Lipinski definition) is 3. The van der Waals surface area contributed by atoms with E-state index in [0.29, 0.717) is 13.2 Å². The van der Waals surface area contributed by atoms with Crippen LogP contribution in [0, 0.1) is 0 Å². The molecule has 1 aliphatic rings. The van der Waals surface area contributed by atoms with Crippen LogP contribution >= 0.6 is 11.6 Å². The number of benzene rings is 1. The highest BCUT2D eigenvalue weighted by molar-refractivity contribution is 6.31. The van der Waals surface area contributed by atoms with Gasteiger partial charge in [0.2, 0.25) is 0 Å². The molecule has 2 rings (SSSR count). The minimum absolute atomic E-state index is 0.606. The third-order valence-electron chi connectivity index (χ3n) is 3.51. The molecule has 0 bridgehead atoms. The van der Waals surface area contributed by atoms with Gasteiger partial charge in [0, 0.05) is 11.1 Å². The van der Waals surface area contributed by atoms with Crippen molar-refractivity contribution in [2.75, 3.05) is 26.3 Å². The van der Waals surface area contributed by atoms with Crippen LogP contribution in [0.3, 0.4) is 0 Å². The number of aryl methyl sites for hydroxylation is 1. The lowest BCUT2D eigenvalue weighted by Gasteiger charge is -2.19. The minimum Gasteiger partial charge on any atom is -0.486 e. The molecule has 4 heteroatoms. The third-order valence-corrected chi connectivity index (χ3v) is 3.86. The molecule has 0 fully saturated rings. The first-order valence-corrected chi connectivity index (χ1v) is 7.98. The fourth-order valence-corrected chi connectivity index (χ4v) is 2.64. The molecule has 0 saturated heterocycles. The van der Waals surface area contributed by atoms with Gasteiger partial charge in [-0.1, -0.05) is 31.4 Å². The molecule has 0 aromatic heterocycles. The van der Waals surface area contributed by atoms with Crippen molar-refractivity contribution in [1.29, 1.82) is 0 Å². The highest BCUT2D eigenvalue weighted by atomic mass is 35.5. The van der Waals surface area contributed by atoms with Crippen molar-refractivity contribution >= 4 is 11.6 Å². The lowest BCUT2D eigenvalue weighted by Crippen LogP contribution is -2.15. The van der Waals surface area contributed by atoms with E-state index in [1.807, 2.05) is 12.1 Å². The average Bonchev–Trinajstić information content (AvgIpc) is 2.46. The lowest BCUT2D eigenvalue weighted by molar-refractivity contribution is 0.171. The second-order valence-corrected chi connectivity index (χ2v) is 5.51. The Morgan fingerprint density at radius 3 is 2.50 bits per heavy atom. The fourth-order valence-electron chi connectivity index (χ4n) is 2.39. The average molecular weight is 298 g/mol. The SMILES string of the molecule is CCNCCCCCCc1cc2c(cc1Cl)OCCO2. The Kier molecular flexibility index (Phi) is 6.48. The third kappa shape index (κ3) is 4.57. The Hall–Kier alpha value is -0.930. The molecule has 0 radical (unpaired) electrons. The van der Waals surface area contributed by atoms with E-state index in [1.54, 1.807) is 0 Å². The maximum absolute atomic E-state index is 6.30. The highest BCUT2D eigenvalue weighted by Gasteiger charge is 2.14. The maximum Gasteiger partial charge on any atom is 0.162 e. The van der Waals surface area contributed by atoms with Gasteiger partial charge in [-0.2, -0.15) is 0 Å². The predicted octanol–water partition coefficient (Wildman–Crippen LogP) is 3.82. The maximum atomic E-state index is 6.30. The quantitative estimate of drug-likeness (QED) is 0.740. The van der Waals surface area contributed by atoms with Crippen molar-refractivity contribution < 1.29 is 9.47 Å². The van der Waals surface area contributed by atoms with Crippen LogP contribution in [0.1, 0.15) is 38.2 Å². The van der Waals surface area contributed by atoms with Crippen molar-refractivity contribution in [2.45, 2.75) is 39.0 Å². The van der Waals surface area contributed by atoms with E-state index in [9.17, 15) is 0 Å². The number of fused-ring (bicyclic) bond motifs is 1. The Labute approximate surface area is 126 Å². The largest absolute Gasteiger partial charge is 0.486 e. The van der Waals surface area contributed by atoms with Gasteiger partial charge in [-0.25, -0.2) is 0 Å². The zero-order valence-corrected chi connectivity index (χ0v) is 13.0. The first-order valence-electron chi connectivity index (χ1n) is 7.60. The van der Waals surface area contributed by atoms with E-state index in [-0.39, 0.29) is 0 Å². The number of rotatable bonds is 8. The van der Waals surface area contributed by atoms with E-state index < -0.39 is 0 Å². The summed E-state index contributed by atoms with van der Waals surface area (Å²) in [7, 11) is 0. The normalized spacial score (nSPS) is 13.5. The topological polar surface area (TPSA) is 30.5 Å². The molecule has 0 spiro atoms. The molecule has 1 aromatic rings. The zero-order chi connectivity index (χ0) is 14.2. The van der Waals surface area contributed by atoms with Crippen LogP contribution in [0.25, 0.3) is 0 Å². The van der Waals surface area contributed by atoms with Crippen molar-refractivity contribution in [2.24, 2.45) is 0 Å². The summed E-state index contributed by atoms with van der Waals surface area (Å²) in [6.07, 6.45) is 5.95. The van der Waals surface area contributed by atoms with Gasteiger partial charge < -0.3 is 14.8 Å². The van der Waals surface area contributed by atoms with Crippen molar-refractivity contribution in [3.8, 4) is 11.5 Å². The predicted molar refractivity (Wildman–Crippen MR) is 83.2 cm³/mol. The molecular weight excluding hydrogens is 274 g/mol. The molecule has 0 aliphatic carbocycles. The molecule has 0 atom stereocenters. The van der Waals surface area contributed by atoms with Crippen molar-refractivity contribution in [3.63, 3.8) is 0 Å². The summed E-state index contributed by atoms with van der Waals surface area (Å²) in [4.78, 5) is 0. The van der Waals surface area contributed by atoms with Crippen LogP contribution in [-0.4, -0.2) is 26.3 Å². The molecule has 3 nitrogen and oxygen atoms in total. The Balaban J connectivity index is 1.75. The highest BCUT2D eigenvalue weighted by Crippen LogP contribution is 2.35. The minimum atomic E-state index is 0.606. The standard InChI is InChI=1S/C16H24ClNO2/c1-2-18-8-6-4-3-5-7-13-11-15-16(12-14(13)17)20-10-9-19-15/h11-12,18H,2-10H2,1H3. The van der Waals surface area contributed by atoms with E-state index in [1.165, 1.54) is 31.2 Å². The van der Waals surface area contributed by atoms with Crippen molar-refractivity contribution in [1.82, 2.24) is 5.32 Å². The van der Waals surface area contributed by atoms with Gasteiger partial charge in [-0.3, -0.25) is 0 Å². The van der Waals surface area contributed by atoms with E-state index >= 15 is 0 Å². The summed E-state index contributed by atoms with van der Waals surface area (Å²) in [5.41, 5.74) is 1.17. The summed E-state index contributed by atoms with van der Waals surface area (Å²) >= 11 is 6.30. The number of ether oxygens (including phenoxy) is 2. The fraction of sp³-hybridized carbons (Fsp3) is 0.625. The number of unbranched alkanes of at least 4 members (excludes halogenated alkanes) is 3. The smallest absolute Gasteiger partial charge is 0.162 e. The molecule has 0 saturated carbocycles. The van der Waals surface area contributed by atoms with Gasteiger partial charge in [-0.15, -0.1) is 0 Å². The number of nitrogens with one attached hydrogen (secondary N) is 1. The van der Waals surface area contributed by atoms with Gasteiger partial charge in [0.15, 0.2) is 11.5 Å². The van der Waals surface area contributed by atoms with Crippen LogP contribution in [0.4, 0.5) is 0 Å². The molecule has 0 unspecified atom stereocenters. The van der Waals surface area contributed by atoms with Gasteiger partial charge in [-0.05, 0) is 44.0 Å². The van der Waals surface area contributed by atoms with Crippen LogP contribution in [0.15, 0.2) is 12.1 Å². The van der Waals surface area contributed by atoms with Gasteiger partial charge in [0.1, 0.15) is 13.2 Å². The molecule has 20 heavy (non-hydrogen) atoms. The second-order valence-electron chi connectivity index (χ2n) is 5.11. The van der Waals surface area contributed by atoms with Crippen LogP contribution in [0.5, 0.6) is 11.5 Å². The Bertz CT molecular complexity index is 423. The first kappa shape index (κ1) is 15.5. The molecule has 1 N–H and O–H groups in total. The lowest BCUT2D eigenvalue weighted by atomic mass is 10.1. The summed E-state index contributed by atoms with van der Waals surface area (Å²) in [6.45, 7) is 5.56. The summed E-state index contributed by atoms with van der Waals surface area (Å²) < 4.78 is 11.1. The van der Waals surface area contributed by atoms with E-state index in [2.05, 4.69) is 12.2 Å². The van der Waals surface area contributed by atoms with E-state index in [0.717, 1.165) is 36.0 Å². The molecule has 1 aromatic carbocycles. The number of hydrogen-bond donors (Lipinski definition) is 1. The monoisotopic (exact) mass is 297 g/mol. The molecule has 0 amide bonds. The molecule has 1 heterocycles. The summed E-state index contributed by atoms with van der Waals surface area (Å²) in [6, 6.07) is 3.92.